The maximum absolute atomic E-state index is 12.4. The van der Waals surface area contributed by atoms with Crippen molar-refractivity contribution in [3.8, 4) is 11.3 Å². The number of nitro groups is 2. The number of carbonyl (C=O) groups excluding carboxylic acids is 2. The first-order valence-corrected chi connectivity index (χ1v) is 9.80. The van der Waals surface area contributed by atoms with E-state index in [0.717, 1.165) is 23.5 Å². The average Bonchev–Trinajstić information content (AvgIpc) is 3.22. The first-order chi connectivity index (χ1) is 15.2. The lowest BCUT2D eigenvalue weighted by Gasteiger charge is -2.13. The van der Waals surface area contributed by atoms with Crippen LogP contribution >= 0.6 is 11.3 Å². The smallest absolute Gasteiger partial charge is 0.341 e. The lowest BCUT2D eigenvalue weighted by Crippen LogP contribution is -2.30. The van der Waals surface area contributed by atoms with E-state index in [1.165, 1.54) is 31.2 Å². The van der Waals surface area contributed by atoms with Crippen LogP contribution in [0.2, 0.25) is 0 Å². The normalized spacial score (nSPS) is 11.4. The molecule has 0 saturated carbocycles. The summed E-state index contributed by atoms with van der Waals surface area (Å²) in [7, 11) is 0. The third-order valence-corrected chi connectivity index (χ3v) is 4.97. The fourth-order valence-electron chi connectivity index (χ4n) is 2.56. The second-order valence-electron chi connectivity index (χ2n) is 6.41. The number of nitro benzene ring substituents is 2. The number of non-ortho nitro benzene ring substituents is 2. The van der Waals surface area contributed by atoms with Crippen molar-refractivity contribution in [2.45, 2.75) is 13.0 Å². The molecule has 0 aliphatic rings. The van der Waals surface area contributed by atoms with Gasteiger partial charge in [-0.25, -0.2) is 9.78 Å². The molecule has 1 atom stereocenters. The van der Waals surface area contributed by atoms with Gasteiger partial charge < -0.3 is 10.5 Å². The minimum absolute atomic E-state index is 0.0327. The van der Waals surface area contributed by atoms with Gasteiger partial charge in [0.15, 0.2) is 11.2 Å². The molecule has 0 saturated heterocycles. The first-order valence-electron chi connectivity index (χ1n) is 8.92. The Morgan fingerprint density at radius 2 is 1.81 bits per heavy atom. The molecule has 13 heteroatoms. The summed E-state index contributed by atoms with van der Waals surface area (Å²) in [5.74, 6) is -1.69. The van der Waals surface area contributed by atoms with E-state index < -0.39 is 27.8 Å². The predicted molar refractivity (Wildman–Crippen MR) is 115 cm³/mol. The van der Waals surface area contributed by atoms with Gasteiger partial charge in [-0.1, -0.05) is 12.1 Å². The van der Waals surface area contributed by atoms with E-state index in [2.05, 4.69) is 10.3 Å². The molecule has 0 aliphatic carbocycles. The highest BCUT2D eigenvalue weighted by atomic mass is 32.1. The van der Waals surface area contributed by atoms with Crippen LogP contribution in [-0.2, 0) is 9.53 Å². The molecule has 1 aromatic heterocycles. The summed E-state index contributed by atoms with van der Waals surface area (Å²) >= 11 is 1.08. The van der Waals surface area contributed by atoms with Crippen LogP contribution in [0.5, 0.6) is 0 Å². The number of carbonyl (C=O) groups is 2. The molecular weight excluding hydrogens is 442 g/mol. The lowest BCUT2D eigenvalue weighted by atomic mass is 10.1. The first kappa shape index (κ1) is 22.3. The zero-order chi connectivity index (χ0) is 23.4. The van der Waals surface area contributed by atoms with Gasteiger partial charge in [-0.2, -0.15) is 0 Å². The number of nitrogen functional groups attached to an aromatic ring is 1. The third-order valence-electron chi connectivity index (χ3n) is 4.21. The van der Waals surface area contributed by atoms with Crippen molar-refractivity contribution in [1.29, 1.82) is 0 Å². The Bertz CT molecular complexity index is 1230. The molecule has 1 heterocycles. The van der Waals surface area contributed by atoms with Gasteiger partial charge in [-0.05, 0) is 13.0 Å². The Labute approximate surface area is 183 Å². The number of nitrogens with two attached hydrogens (primary N) is 1. The summed E-state index contributed by atoms with van der Waals surface area (Å²) < 4.78 is 5.07. The number of nitrogens with zero attached hydrogens (tertiary/aromatic N) is 3. The van der Waals surface area contributed by atoms with Gasteiger partial charge >= 0.3 is 5.97 Å². The number of hydrogen-bond acceptors (Lipinski definition) is 10. The number of rotatable bonds is 7. The molecule has 12 nitrogen and oxygen atoms in total. The van der Waals surface area contributed by atoms with Gasteiger partial charge in [0, 0.05) is 40.9 Å². The molecule has 0 bridgehead atoms. The molecular formula is C19H15N5O7S. The van der Waals surface area contributed by atoms with Crippen LogP contribution in [0.1, 0.15) is 17.3 Å². The van der Waals surface area contributed by atoms with Crippen LogP contribution in [0, 0.1) is 20.2 Å². The van der Waals surface area contributed by atoms with Crippen LogP contribution in [0.15, 0.2) is 47.8 Å². The van der Waals surface area contributed by atoms with Crippen molar-refractivity contribution in [3.63, 3.8) is 0 Å². The van der Waals surface area contributed by atoms with E-state index in [4.69, 9.17) is 10.5 Å². The Morgan fingerprint density at radius 1 is 1.12 bits per heavy atom. The van der Waals surface area contributed by atoms with Crippen molar-refractivity contribution in [1.82, 2.24) is 4.98 Å². The van der Waals surface area contributed by atoms with Gasteiger partial charge in [0.25, 0.3) is 17.3 Å². The zero-order valence-corrected chi connectivity index (χ0v) is 17.2. The minimum atomic E-state index is -1.26. The van der Waals surface area contributed by atoms with Crippen molar-refractivity contribution in [2.75, 3.05) is 11.1 Å². The maximum Gasteiger partial charge on any atom is 0.341 e. The molecule has 3 N–H and O–H groups in total. The fourth-order valence-corrected chi connectivity index (χ4v) is 3.28. The molecule has 1 amide bonds. The number of aromatic nitrogens is 1. The lowest BCUT2D eigenvalue weighted by molar-refractivity contribution is -0.385. The standard InChI is InChI=1S/C19H15N5O7S/c1-10(31-18(26)14-8-13(24(29)30)5-6-15(14)20)17(25)22-19-21-16(9-32-19)11-3-2-4-12(7-11)23(27)28/h2-10H,20H2,1H3,(H,21,22,25). The Balaban J connectivity index is 1.67. The molecule has 0 spiro atoms. The van der Waals surface area contributed by atoms with Crippen LogP contribution < -0.4 is 11.1 Å². The molecule has 32 heavy (non-hydrogen) atoms. The Hall–Kier alpha value is -4.39. The van der Waals surface area contributed by atoms with Crippen molar-refractivity contribution >= 4 is 45.4 Å². The highest BCUT2D eigenvalue weighted by Gasteiger charge is 2.23. The number of esters is 1. The number of hydrogen-bond donors (Lipinski definition) is 2. The Morgan fingerprint density at radius 3 is 2.50 bits per heavy atom. The highest BCUT2D eigenvalue weighted by molar-refractivity contribution is 7.14. The number of anilines is 2. The largest absolute Gasteiger partial charge is 0.449 e. The highest BCUT2D eigenvalue weighted by Crippen LogP contribution is 2.27. The van der Waals surface area contributed by atoms with Crippen LogP contribution in [-0.4, -0.2) is 32.8 Å². The molecule has 3 aromatic rings. The third kappa shape index (κ3) is 5.02. The van der Waals surface area contributed by atoms with E-state index in [9.17, 15) is 29.8 Å². The van der Waals surface area contributed by atoms with Crippen molar-refractivity contribution < 1.29 is 24.2 Å². The van der Waals surface area contributed by atoms with Crippen molar-refractivity contribution in [3.05, 3.63) is 73.6 Å². The summed E-state index contributed by atoms with van der Waals surface area (Å²) in [6.45, 7) is 1.32. The summed E-state index contributed by atoms with van der Waals surface area (Å²) in [5, 5.41) is 26.1. The molecule has 3 rings (SSSR count). The number of amides is 1. The van der Waals surface area contributed by atoms with Crippen molar-refractivity contribution in [2.24, 2.45) is 0 Å². The van der Waals surface area contributed by atoms with Gasteiger partial charge in [0.2, 0.25) is 0 Å². The number of ether oxygens (including phenoxy) is 1. The quantitative estimate of drug-likeness (QED) is 0.232. The molecule has 1 unspecified atom stereocenters. The number of nitrogens with one attached hydrogen (secondary N) is 1. The molecule has 164 valence electrons. The van der Waals surface area contributed by atoms with E-state index in [1.54, 1.807) is 11.4 Å². The second-order valence-corrected chi connectivity index (χ2v) is 7.27. The summed E-state index contributed by atoms with van der Waals surface area (Å²) in [4.78, 5) is 49.5. The number of benzene rings is 2. The van der Waals surface area contributed by atoms with E-state index in [1.807, 2.05) is 0 Å². The van der Waals surface area contributed by atoms with Gasteiger partial charge in [-0.15, -0.1) is 11.3 Å². The number of thiazole rings is 1. The Kier molecular flexibility index (Phi) is 6.39. The summed E-state index contributed by atoms with van der Waals surface area (Å²) in [6.07, 6.45) is -1.26. The van der Waals surface area contributed by atoms with Gasteiger partial charge in [0.05, 0.1) is 21.1 Å². The van der Waals surface area contributed by atoms with Crippen LogP contribution in [0.3, 0.4) is 0 Å². The molecule has 0 aliphatic heterocycles. The summed E-state index contributed by atoms with van der Waals surface area (Å²) in [6, 6.07) is 9.17. The molecule has 2 aromatic carbocycles. The minimum Gasteiger partial charge on any atom is -0.449 e. The van der Waals surface area contributed by atoms with E-state index >= 15 is 0 Å². The maximum atomic E-state index is 12.4. The van der Waals surface area contributed by atoms with Crippen LogP contribution in [0.4, 0.5) is 22.2 Å². The SMILES string of the molecule is CC(OC(=O)c1cc([N+](=O)[O-])ccc1N)C(=O)Nc1nc(-c2cccc([N+](=O)[O-])c2)cs1. The fraction of sp³-hybridized carbons (Fsp3) is 0.105. The van der Waals surface area contributed by atoms with Crippen LogP contribution in [0.25, 0.3) is 11.3 Å². The average molecular weight is 457 g/mol. The predicted octanol–water partition coefficient (Wildman–Crippen LogP) is 3.39. The summed E-state index contributed by atoms with van der Waals surface area (Å²) in [5.41, 5.74) is 5.88. The van der Waals surface area contributed by atoms with E-state index in [0.29, 0.717) is 11.3 Å². The monoisotopic (exact) mass is 457 g/mol. The topological polar surface area (TPSA) is 181 Å². The van der Waals surface area contributed by atoms with E-state index in [-0.39, 0.29) is 27.8 Å². The van der Waals surface area contributed by atoms with Gasteiger partial charge in [0.1, 0.15) is 0 Å². The second kappa shape index (κ2) is 9.18. The molecule has 0 radical (unpaired) electrons. The molecule has 0 fully saturated rings. The van der Waals surface area contributed by atoms with Gasteiger partial charge in [-0.3, -0.25) is 30.3 Å². The zero-order valence-electron chi connectivity index (χ0n) is 16.4.